The zero-order valence-corrected chi connectivity index (χ0v) is 8.98. The first kappa shape index (κ1) is 8.89. The van der Waals surface area contributed by atoms with Crippen LogP contribution in [0.1, 0.15) is 43.0 Å². The summed E-state index contributed by atoms with van der Waals surface area (Å²) in [7, 11) is 0. The van der Waals surface area contributed by atoms with E-state index in [9.17, 15) is 0 Å². The summed E-state index contributed by atoms with van der Waals surface area (Å²) in [4.78, 5) is 0. The Labute approximate surface area is 89.1 Å². The number of rotatable bonds is 1. The van der Waals surface area contributed by atoms with Crippen molar-refractivity contribution in [3.8, 4) is 0 Å². The van der Waals surface area contributed by atoms with Crippen LogP contribution in [0.25, 0.3) is 5.65 Å². The standard InChI is InChI=1S/C12H15N3/c1-9-5-4-8-15-11(9)13-14-12(15)10-6-2-3-7-10/h4-5,8,10H,2-3,6-7H2,1H3. The van der Waals surface area contributed by atoms with Crippen LogP contribution in [0, 0.1) is 6.92 Å². The molecule has 2 aromatic rings. The van der Waals surface area contributed by atoms with Crippen LogP contribution in [0.5, 0.6) is 0 Å². The number of aryl methyl sites for hydroxylation is 1. The summed E-state index contributed by atoms with van der Waals surface area (Å²) in [6, 6.07) is 4.16. The van der Waals surface area contributed by atoms with E-state index in [0.29, 0.717) is 5.92 Å². The fourth-order valence-electron chi connectivity index (χ4n) is 2.53. The number of pyridine rings is 1. The Morgan fingerprint density at radius 2 is 2.07 bits per heavy atom. The van der Waals surface area contributed by atoms with Gasteiger partial charge in [0.2, 0.25) is 0 Å². The molecule has 0 N–H and O–H groups in total. The van der Waals surface area contributed by atoms with Crippen molar-refractivity contribution in [2.24, 2.45) is 0 Å². The van der Waals surface area contributed by atoms with E-state index in [1.165, 1.54) is 31.2 Å². The van der Waals surface area contributed by atoms with E-state index in [4.69, 9.17) is 0 Å². The second kappa shape index (κ2) is 3.33. The van der Waals surface area contributed by atoms with Gasteiger partial charge in [-0.25, -0.2) is 0 Å². The summed E-state index contributed by atoms with van der Waals surface area (Å²) in [5, 5.41) is 8.63. The third kappa shape index (κ3) is 1.34. The smallest absolute Gasteiger partial charge is 0.163 e. The number of nitrogens with zero attached hydrogens (tertiary/aromatic N) is 3. The van der Waals surface area contributed by atoms with Gasteiger partial charge in [-0.2, -0.15) is 0 Å². The van der Waals surface area contributed by atoms with E-state index < -0.39 is 0 Å². The van der Waals surface area contributed by atoms with Gasteiger partial charge < -0.3 is 0 Å². The molecule has 0 aromatic carbocycles. The summed E-state index contributed by atoms with van der Waals surface area (Å²) >= 11 is 0. The molecule has 1 aliphatic rings. The average molecular weight is 201 g/mol. The van der Waals surface area contributed by atoms with Gasteiger partial charge in [-0.15, -0.1) is 10.2 Å². The number of fused-ring (bicyclic) bond motifs is 1. The largest absolute Gasteiger partial charge is 0.286 e. The van der Waals surface area contributed by atoms with Crippen LogP contribution in [0.3, 0.4) is 0 Å². The Morgan fingerprint density at radius 1 is 1.27 bits per heavy atom. The number of hydrogen-bond donors (Lipinski definition) is 0. The van der Waals surface area contributed by atoms with Crippen LogP contribution in [-0.4, -0.2) is 14.6 Å². The lowest BCUT2D eigenvalue weighted by Crippen LogP contribution is -2.00. The van der Waals surface area contributed by atoms with Crippen molar-refractivity contribution < 1.29 is 0 Å². The van der Waals surface area contributed by atoms with E-state index in [1.807, 2.05) is 0 Å². The molecule has 3 nitrogen and oxygen atoms in total. The lowest BCUT2D eigenvalue weighted by atomic mass is 10.1. The third-order valence-electron chi connectivity index (χ3n) is 3.38. The van der Waals surface area contributed by atoms with Gasteiger partial charge in [0.15, 0.2) is 5.65 Å². The molecule has 0 bridgehead atoms. The molecule has 0 spiro atoms. The van der Waals surface area contributed by atoms with Gasteiger partial charge in [0.05, 0.1) is 0 Å². The van der Waals surface area contributed by atoms with Crippen molar-refractivity contribution >= 4 is 5.65 Å². The highest BCUT2D eigenvalue weighted by molar-refractivity contribution is 5.46. The second-order valence-corrected chi connectivity index (χ2v) is 4.42. The molecule has 1 saturated carbocycles. The quantitative estimate of drug-likeness (QED) is 0.710. The van der Waals surface area contributed by atoms with Crippen LogP contribution in [0.2, 0.25) is 0 Å². The molecule has 2 aromatic heterocycles. The van der Waals surface area contributed by atoms with E-state index >= 15 is 0 Å². The Balaban J connectivity index is 2.15. The molecule has 3 rings (SSSR count). The molecule has 0 aliphatic heterocycles. The van der Waals surface area contributed by atoms with Gasteiger partial charge in [-0.05, 0) is 31.4 Å². The zero-order chi connectivity index (χ0) is 10.3. The van der Waals surface area contributed by atoms with Crippen LogP contribution in [-0.2, 0) is 0 Å². The lowest BCUT2D eigenvalue weighted by Gasteiger charge is -2.06. The van der Waals surface area contributed by atoms with E-state index in [-0.39, 0.29) is 0 Å². The number of aromatic nitrogens is 3. The van der Waals surface area contributed by atoms with Crippen LogP contribution in [0.15, 0.2) is 18.3 Å². The van der Waals surface area contributed by atoms with Gasteiger partial charge >= 0.3 is 0 Å². The fourth-order valence-corrected chi connectivity index (χ4v) is 2.53. The Hall–Kier alpha value is -1.38. The predicted octanol–water partition coefficient (Wildman–Crippen LogP) is 2.70. The molecule has 0 radical (unpaired) electrons. The highest BCUT2D eigenvalue weighted by Crippen LogP contribution is 2.33. The summed E-state index contributed by atoms with van der Waals surface area (Å²) in [5.74, 6) is 1.79. The molecule has 3 heteroatoms. The molecule has 0 amide bonds. The van der Waals surface area contributed by atoms with Gasteiger partial charge in [-0.1, -0.05) is 18.9 Å². The second-order valence-electron chi connectivity index (χ2n) is 4.42. The summed E-state index contributed by atoms with van der Waals surface area (Å²) in [6.45, 7) is 2.09. The van der Waals surface area contributed by atoms with Gasteiger partial charge in [0.1, 0.15) is 5.82 Å². The molecule has 1 aliphatic carbocycles. The highest BCUT2D eigenvalue weighted by Gasteiger charge is 2.22. The molecular weight excluding hydrogens is 186 g/mol. The van der Waals surface area contributed by atoms with Crippen LogP contribution < -0.4 is 0 Å². The Kier molecular flexibility index (Phi) is 1.97. The minimum atomic E-state index is 0.627. The molecule has 0 saturated heterocycles. The minimum absolute atomic E-state index is 0.627. The first-order chi connectivity index (χ1) is 7.36. The van der Waals surface area contributed by atoms with Crippen LogP contribution in [0.4, 0.5) is 0 Å². The van der Waals surface area contributed by atoms with Crippen molar-refractivity contribution in [2.75, 3.05) is 0 Å². The maximum absolute atomic E-state index is 4.35. The Bertz CT molecular complexity index is 481. The summed E-state index contributed by atoms with van der Waals surface area (Å²) in [6.07, 6.45) is 7.30. The molecule has 2 heterocycles. The Morgan fingerprint density at radius 3 is 2.87 bits per heavy atom. The van der Waals surface area contributed by atoms with Crippen molar-refractivity contribution in [2.45, 2.75) is 38.5 Å². The number of hydrogen-bond acceptors (Lipinski definition) is 2. The van der Waals surface area contributed by atoms with Gasteiger partial charge in [0.25, 0.3) is 0 Å². The molecule has 0 unspecified atom stereocenters. The average Bonchev–Trinajstić information content (AvgIpc) is 2.85. The molecule has 15 heavy (non-hydrogen) atoms. The van der Waals surface area contributed by atoms with Crippen molar-refractivity contribution in [1.29, 1.82) is 0 Å². The van der Waals surface area contributed by atoms with Crippen molar-refractivity contribution in [1.82, 2.24) is 14.6 Å². The van der Waals surface area contributed by atoms with Gasteiger partial charge in [-0.3, -0.25) is 4.40 Å². The minimum Gasteiger partial charge on any atom is -0.286 e. The first-order valence-electron chi connectivity index (χ1n) is 5.66. The summed E-state index contributed by atoms with van der Waals surface area (Å²) < 4.78 is 2.16. The van der Waals surface area contributed by atoms with Crippen LogP contribution >= 0.6 is 0 Å². The van der Waals surface area contributed by atoms with Crippen molar-refractivity contribution in [3.63, 3.8) is 0 Å². The topological polar surface area (TPSA) is 30.2 Å². The predicted molar refractivity (Wildman–Crippen MR) is 58.9 cm³/mol. The molecule has 78 valence electrons. The fraction of sp³-hybridized carbons (Fsp3) is 0.500. The maximum Gasteiger partial charge on any atom is 0.163 e. The van der Waals surface area contributed by atoms with E-state index in [0.717, 1.165) is 11.5 Å². The van der Waals surface area contributed by atoms with E-state index in [2.05, 4.69) is 39.9 Å². The SMILES string of the molecule is Cc1cccn2c(C3CCCC3)nnc12. The molecule has 1 fully saturated rings. The van der Waals surface area contributed by atoms with Gasteiger partial charge in [0, 0.05) is 12.1 Å². The zero-order valence-electron chi connectivity index (χ0n) is 8.98. The maximum atomic E-state index is 4.35. The highest BCUT2D eigenvalue weighted by atomic mass is 15.2. The van der Waals surface area contributed by atoms with E-state index in [1.54, 1.807) is 0 Å². The normalized spacial score (nSPS) is 17.7. The molecule has 0 atom stereocenters. The lowest BCUT2D eigenvalue weighted by molar-refractivity contribution is 0.658. The monoisotopic (exact) mass is 201 g/mol. The first-order valence-corrected chi connectivity index (χ1v) is 5.66. The van der Waals surface area contributed by atoms with Crippen molar-refractivity contribution in [3.05, 3.63) is 29.7 Å². The summed E-state index contributed by atoms with van der Waals surface area (Å²) in [5.41, 5.74) is 2.22. The molecular formula is C12H15N3. The third-order valence-corrected chi connectivity index (χ3v) is 3.38.